The molecule has 0 radical (unpaired) electrons. The maximum absolute atomic E-state index is 11.3. The third-order valence-electron chi connectivity index (χ3n) is 7.99. The fourth-order valence-corrected chi connectivity index (χ4v) is 6.18. The third kappa shape index (κ3) is 3.51. The van der Waals surface area contributed by atoms with Gasteiger partial charge in [-0.05, 0) is 92.8 Å². The maximum atomic E-state index is 11.3. The molecule has 3 aliphatic rings. The number of nitrogens with zero attached hydrogens (tertiary/aromatic N) is 2. The molecule has 4 heteroatoms. The Labute approximate surface area is 180 Å². The van der Waals surface area contributed by atoms with Crippen LogP contribution in [-0.4, -0.2) is 36.5 Å². The van der Waals surface area contributed by atoms with Crippen molar-refractivity contribution in [1.82, 2.24) is 4.90 Å². The van der Waals surface area contributed by atoms with Crippen LogP contribution in [-0.2, 0) is 0 Å². The number of amides is 1. The monoisotopic (exact) mass is 403 g/mol. The van der Waals surface area contributed by atoms with Crippen LogP contribution < -0.4 is 10.6 Å². The Hall–Kier alpha value is -2.33. The number of nitrogens with two attached hydrogens (primary N) is 1. The largest absolute Gasteiger partial charge is 0.371 e. The molecular formula is C26H33N3O. The van der Waals surface area contributed by atoms with Gasteiger partial charge in [0.05, 0.1) is 0 Å². The number of likely N-dealkylation sites (tertiary alicyclic amines) is 1. The van der Waals surface area contributed by atoms with Crippen molar-refractivity contribution >= 4 is 11.6 Å². The number of anilines is 1. The number of hydrogen-bond donors (Lipinski definition) is 1. The minimum Gasteiger partial charge on any atom is -0.371 e. The minimum atomic E-state index is -0.356. The molecule has 2 aliphatic heterocycles. The van der Waals surface area contributed by atoms with Crippen molar-refractivity contribution in [3.63, 3.8) is 0 Å². The fraction of sp³-hybridized carbons (Fsp3) is 0.500. The molecule has 1 amide bonds. The van der Waals surface area contributed by atoms with Gasteiger partial charge in [-0.2, -0.15) is 0 Å². The first-order valence-electron chi connectivity index (χ1n) is 11.5. The fourth-order valence-electron chi connectivity index (χ4n) is 6.18. The first kappa shape index (κ1) is 19.6. The zero-order valence-electron chi connectivity index (χ0n) is 18.0. The van der Waals surface area contributed by atoms with Crippen molar-refractivity contribution in [2.75, 3.05) is 24.5 Å². The quantitative estimate of drug-likeness (QED) is 0.806. The molecule has 3 fully saturated rings. The summed E-state index contributed by atoms with van der Waals surface area (Å²) in [6.45, 7) is 5.76. The van der Waals surface area contributed by atoms with Crippen molar-refractivity contribution in [2.24, 2.45) is 11.1 Å². The average Bonchev–Trinajstić information content (AvgIpc) is 3.22. The van der Waals surface area contributed by atoms with E-state index in [0.717, 1.165) is 19.1 Å². The molecule has 1 aliphatic carbocycles. The molecular weight excluding hydrogens is 370 g/mol. The van der Waals surface area contributed by atoms with E-state index in [1.165, 1.54) is 56.3 Å². The Balaban J connectivity index is 1.19. The van der Waals surface area contributed by atoms with Crippen molar-refractivity contribution < 1.29 is 4.79 Å². The second-order valence-electron chi connectivity index (χ2n) is 9.71. The van der Waals surface area contributed by atoms with Gasteiger partial charge in [-0.1, -0.05) is 24.3 Å². The number of carbonyl (C=O) groups excluding carboxylic acids is 1. The molecule has 1 unspecified atom stereocenters. The molecule has 2 N–H and O–H groups in total. The number of carbonyl (C=O) groups is 1. The number of aryl methyl sites for hydroxylation is 1. The van der Waals surface area contributed by atoms with Crippen LogP contribution >= 0.6 is 0 Å². The Morgan fingerprint density at radius 3 is 2.37 bits per heavy atom. The van der Waals surface area contributed by atoms with E-state index >= 15 is 0 Å². The Kier molecular flexibility index (Phi) is 5.06. The number of rotatable bonds is 4. The normalized spacial score (nSPS) is 24.2. The SMILES string of the molecule is Cc1ccccc1C1CCCN1C1CC2(CCN(c3ccc(C(N)=O)cc3)CC2)C1. The molecule has 1 saturated carbocycles. The highest BCUT2D eigenvalue weighted by Crippen LogP contribution is 2.54. The molecule has 5 rings (SSSR count). The summed E-state index contributed by atoms with van der Waals surface area (Å²) in [6, 6.07) is 18.1. The predicted octanol–water partition coefficient (Wildman–Crippen LogP) is 4.68. The lowest BCUT2D eigenvalue weighted by molar-refractivity contribution is -0.0227. The smallest absolute Gasteiger partial charge is 0.248 e. The van der Waals surface area contributed by atoms with Gasteiger partial charge in [0.1, 0.15) is 0 Å². The number of primary amides is 1. The van der Waals surface area contributed by atoms with Crippen molar-refractivity contribution in [2.45, 2.75) is 57.5 Å². The molecule has 2 saturated heterocycles. The predicted molar refractivity (Wildman–Crippen MR) is 122 cm³/mol. The Bertz CT molecular complexity index is 906. The molecule has 158 valence electrons. The lowest BCUT2D eigenvalue weighted by atomic mass is 9.59. The van der Waals surface area contributed by atoms with E-state index in [-0.39, 0.29) is 5.91 Å². The number of piperidine rings is 1. The van der Waals surface area contributed by atoms with E-state index in [1.807, 2.05) is 24.3 Å². The van der Waals surface area contributed by atoms with Crippen molar-refractivity contribution in [1.29, 1.82) is 0 Å². The van der Waals surface area contributed by atoms with E-state index in [0.29, 0.717) is 17.0 Å². The van der Waals surface area contributed by atoms with Gasteiger partial charge < -0.3 is 10.6 Å². The van der Waals surface area contributed by atoms with Gasteiger partial charge in [0.25, 0.3) is 0 Å². The molecule has 1 atom stereocenters. The number of hydrogen-bond acceptors (Lipinski definition) is 3. The van der Waals surface area contributed by atoms with E-state index in [2.05, 4.69) is 41.0 Å². The highest BCUT2D eigenvalue weighted by atomic mass is 16.1. The van der Waals surface area contributed by atoms with Gasteiger partial charge in [0, 0.05) is 36.4 Å². The van der Waals surface area contributed by atoms with Gasteiger partial charge in [-0.15, -0.1) is 0 Å². The summed E-state index contributed by atoms with van der Waals surface area (Å²) in [5, 5.41) is 0. The van der Waals surface area contributed by atoms with Crippen LogP contribution in [0.25, 0.3) is 0 Å². The van der Waals surface area contributed by atoms with Crippen LogP contribution in [0.2, 0.25) is 0 Å². The summed E-state index contributed by atoms with van der Waals surface area (Å²) >= 11 is 0. The summed E-state index contributed by atoms with van der Waals surface area (Å²) in [6.07, 6.45) is 7.93. The standard InChI is InChI=1S/C26H33N3O/c1-19-5-2-3-6-23(19)24-7-4-14-29(24)22-17-26(18-22)12-15-28(16-13-26)21-10-8-20(9-11-21)25(27)30/h2-3,5-6,8-11,22,24H,4,7,12-18H2,1H3,(H2,27,30). The first-order chi connectivity index (χ1) is 14.5. The van der Waals surface area contributed by atoms with Gasteiger partial charge in [-0.25, -0.2) is 0 Å². The van der Waals surface area contributed by atoms with Crippen LogP contribution in [0.3, 0.4) is 0 Å². The molecule has 1 spiro atoms. The summed E-state index contributed by atoms with van der Waals surface area (Å²) in [5.41, 5.74) is 10.7. The summed E-state index contributed by atoms with van der Waals surface area (Å²) in [5.74, 6) is -0.356. The van der Waals surface area contributed by atoms with Crippen molar-refractivity contribution in [3.05, 3.63) is 65.2 Å². The molecule has 2 aromatic carbocycles. The first-order valence-corrected chi connectivity index (χ1v) is 11.5. The number of benzene rings is 2. The Morgan fingerprint density at radius 2 is 1.70 bits per heavy atom. The zero-order valence-corrected chi connectivity index (χ0v) is 18.0. The minimum absolute atomic E-state index is 0.356. The van der Waals surface area contributed by atoms with Gasteiger partial charge in [0.2, 0.25) is 5.91 Å². The second-order valence-corrected chi connectivity index (χ2v) is 9.71. The van der Waals surface area contributed by atoms with E-state index in [4.69, 9.17) is 5.73 Å². The lowest BCUT2D eigenvalue weighted by Gasteiger charge is -2.56. The Morgan fingerprint density at radius 1 is 1.00 bits per heavy atom. The summed E-state index contributed by atoms with van der Waals surface area (Å²) in [7, 11) is 0. The van der Waals surface area contributed by atoms with Crippen LogP contribution in [0.15, 0.2) is 48.5 Å². The topological polar surface area (TPSA) is 49.6 Å². The molecule has 30 heavy (non-hydrogen) atoms. The molecule has 2 aromatic rings. The second kappa shape index (κ2) is 7.73. The zero-order chi connectivity index (χ0) is 20.7. The highest BCUT2D eigenvalue weighted by Gasteiger charge is 2.49. The van der Waals surface area contributed by atoms with Crippen LogP contribution in [0.4, 0.5) is 5.69 Å². The summed E-state index contributed by atoms with van der Waals surface area (Å²) < 4.78 is 0. The average molecular weight is 404 g/mol. The van der Waals surface area contributed by atoms with E-state index in [9.17, 15) is 4.79 Å². The van der Waals surface area contributed by atoms with Crippen LogP contribution in [0.5, 0.6) is 0 Å². The van der Waals surface area contributed by atoms with Gasteiger partial charge >= 0.3 is 0 Å². The van der Waals surface area contributed by atoms with E-state index < -0.39 is 0 Å². The molecule has 0 aromatic heterocycles. The summed E-state index contributed by atoms with van der Waals surface area (Å²) in [4.78, 5) is 16.6. The molecule has 4 nitrogen and oxygen atoms in total. The highest BCUT2D eigenvalue weighted by molar-refractivity contribution is 5.93. The lowest BCUT2D eigenvalue weighted by Crippen LogP contribution is -2.54. The molecule has 0 bridgehead atoms. The van der Waals surface area contributed by atoms with Crippen LogP contribution in [0, 0.1) is 12.3 Å². The van der Waals surface area contributed by atoms with Crippen molar-refractivity contribution in [3.8, 4) is 0 Å². The maximum Gasteiger partial charge on any atom is 0.248 e. The molecule has 2 heterocycles. The van der Waals surface area contributed by atoms with Gasteiger partial charge in [0.15, 0.2) is 0 Å². The third-order valence-corrected chi connectivity index (χ3v) is 7.99. The van der Waals surface area contributed by atoms with Crippen LogP contribution in [0.1, 0.15) is 66.1 Å². The van der Waals surface area contributed by atoms with Gasteiger partial charge in [-0.3, -0.25) is 9.69 Å². The van der Waals surface area contributed by atoms with E-state index in [1.54, 1.807) is 5.56 Å².